The van der Waals surface area contributed by atoms with Crippen molar-refractivity contribution in [2.75, 3.05) is 12.4 Å². The van der Waals surface area contributed by atoms with Gasteiger partial charge in [-0.2, -0.15) is 5.10 Å². The van der Waals surface area contributed by atoms with Crippen LogP contribution >= 0.6 is 0 Å². The minimum atomic E-state index is 0.625. The zero-order valence-electron chi connectivity index (χ0n) is 16.4. The van der Waals surface area contributed by atoms with E-state index in [0.29, 0.717) is 6.54 Å². The molecule has 6 nitrogen and oxygen atoms in total. The first-order valence-corrected chi connectivity index (χ1v) is 9.32. The number of hydrogen-bond acceptors (Lipinski definition) is 5. The van der Waals surface area contributed by atoms with Crippen molar-refractivity contribution in [2.45, 2.75) is 13.5 Å². The molecule has 0 aliphatic rings. The molecular formula is C23H22N4O2. The highest BCUT2D eigenvalue weighted by Gasteiger charge is 2.07. The maximum Gasteiger partial charge on any atom is 0.145 e. The van der Waals surface area contributed by atoms with Gasteiger partial charge in [0, 0.05) is 35.9 Å². The van der Waals surface area contributed by atoms with Crippen LogP contribution < -0.4 is 14.8 Å². The average molecular weight is 386 g/mol. The molecule has 0 fully saturated rings. The van der Waals surface area contributed by atoms with Crippen LogP contribution in [0.4, 0.5) is 5.69 Å². The first-order chi connectivity index (χ1) is 14.2. The summed E-state index contributed by atoms with van der Waals surface area (Å²) in [5.74, 6) is 2.32. The highest BCUT2D eigenvalue weighted by atomic mass is 16.5. The van der Waals surface area contributed by atoms with Gasteiger partial charge in [-0.15, -0.1) is 0 Å². The minimum Gasteiger partial charge on any atom is -0.496 e. The normalized spacial score (nSPS) is 10.6. The summed E-state index contributed by atoms with van der Waals surface area (Å²) in [4.78, 5) is 4.24. The number of aromatic nitrogens is 3. The Hall–Kier alpha value is -3.80. The van der Waals surface area contributed by atoms with Gasteiger partial charge in [0.15, 0.2) is 0 Å². The molecule has 2 aromatic heterocycles. The molecule has 0 bridgehead atoms. The number of hydrogen-bond donors (Lipinski definition) is 1. The van der Waals surface area contributed by atoms with Gasteiger partial charge in [-0.05, 0) is 67.6 Å². The number of methoxy groups -OCH3 is 1. The zero-order chi connectivity index (χ0) is 20.1. The molecule has 6 heteroatoms. The van der Waals surface area contributed by atoms with E-state index in [-0.39, 0.29) is 0 Å². The Morgan fingerprint density at radius 3 is 2.52 bits per heavy atom. The lowest BCUT2D eigenvalue weighted by Gasteiger charge is -2.13. The minimum absolute atomic E-state index is 0.625. The average Bonchev–Trinajstić information content (AvgIpc) is 3.30. The van der Waals surface area contributed by atoms with E-state index in [1.807, 2.05) is 72.4 Å². The van der Waals surface area contributed by atoms with Crippen molar-refractivity contribution in [3.8, 4) is 22.9 Å². The highest BCUT2D eigenvalue weighted by Crippen LogP contribution is 2.25. The van der Waals surface area contributed by atoms with Gasteiger partial charge in [0.05, 0.1) is 19.0 Å². The Balaban J connectivity index is 1.43. The zero-order valence-corrected chi connectivity index (χ0v) is 16.4. The van der Waals surface area contributed by atoms with Crippen LogP contribution in [0.15, 0.2) is 79.3 Å². The van der Waals surface area contributed by atoms with E-state index in [9.17, 15) is 0 Å². The van der Waals surface area contributed by atoms with Crippen molar-refractivity contribution >= 4 is 5.69 Å². The third-order valence-corrected chi connectivity index (χ3v) is 4.49. The summed E-state index contributed by atoms with van der Waals surface area (Å²) in [6, 6.07) is 19.6. The Morgan fingerprint density at radius 2 is 1.83 bits per heavy atom. The molecule has 0 amide bonds. The van der Waals surface area contributed by atoms with E-state index < -0.39 is 0 Å². The quantitative estimate of drug-likeness (QED) is 0.485. The number of rotatable bonds is 7. The van der Waals surface area contributed by atoms with E-state index in [2.05, 4.69) is 21.5 Å². The third-order valence-electron chi connectivity index (χ3n) is 4.49. The number of pyridine rings is 1. The van der Waals surface area contributed by atoms with Gasteiger partial charge in [0.1, 0.15) is 17.2 Å². The van der Waals surface area contributed by atoms with E-state index in [4.69, 9.17) is 9.47 Å². The molecule has 4 rings (SSSR count). The summed E-state index contributed by atoms with van der Waals surface area (Å²) in [5.41, 5.74) is 3.99. The predicted octanol–water partition coefficient (Wildman–Crippen LogP) is 4.99. The SMILES string of the molecule is COc1ccc(-n2cccn2)cc1CNc1ccc(Oc2ccc(C)nc2)cc1. The van der Waals surface area contributed by atoms with Gasteiger partial charge in [0.2, 0.25) is 0 Å². The summed E-state index contributed by atoms with van der Waals surface area (Å²) in [6.45, 7) is 2.57. The van der Waals surface area contributed by atoms with Crippen LogP contribution in [0.25, 0.3) is 5.69 Å². The lowest BCUT2D eigenvalue weighted by Crippen LogP contribution is -2.04. The van der Waals surface area contributed by atoms with Gasteiger partial charge >= 0.3 is 0 Å². The van der Waals surface area contributed by atoms with Gasteiger partial charge in [-0.1, -0.05) is 0 Å². The molecule has 0 aliphatic carbocycles. The Labute approximate surface area is 169 Å². The first kappa shape index (κ1) is 18.6. The Kier molecular flexibility index (Phi) is 5.42. The molecular weight excluding hydrogens is 364 g/mol. The molecule has 1 N–H and O–H groups in total. The fourth-order valence-corrected chi connectivity index (χ4v) is 2.96. The Morgan fingerprint density at radius 1 is 1.00 bits per heavy atom. The Bertz CT molecular complexity index is 1060. The molecule has 29 heavy (non-hydrogen) atoms. The second-order valence-electron chi connectivity index (χ2n) is 6.56. The molecule has 0 aliphatic heterocycles. The number of anilines is 1. The molecule has 4 aromatic rings. The van der Waals surface area contributed by atoms with Crippen LogP contribution in [0.5, 0.6) is 17.2 Å². The van der Waals surface area contributed by atoms with Crippen LogP contribution in [0.2, 0.25) is 0 Å². The van der Waals surface area contributed by atoms with Gasteiger partial charge < -0.3 is 14.8 Å². The van der Waals surface area contributed by atoms with E-state index in [1.165, 1.54) is 0 Å². The van der Waals surface area contributed by atoms with Gasteiger partial charge in [-0.25, -0.2) is 4.68 Å². The first-order valence-electron chi connectivity index (χ1n) is 9.32. The van der Waals surface area contributed by atoms with Crippen LogP contribution in [0, 0.1) is 6.92 Å². The molecule has 2 aromatic carbocycles. The molecule has 0 radical (unpaired) electrons. The third kappa shape index (κ3) is 4.55. The number of nitrogens with zero attached hydrogens (tertiary/aromatic N) is 3. The fraction of sp³-hybridized carbons (Fsp3) is 0.130. The standard InChI is InChI=1S/C23H22N4O2/c1-17-4-8-22(16-24-17)29-21-9-5-19(6-10-21)25-15-18-14-20(7-11-23(18)28-2)27-13-3-12-26-27/h3-14,16,25H,15H2,1-2H3. The number of aryl methyl sites for hydroxylation is 1. The van der Waals surface area contributed by atoms with Crippen molar-refractivity contribution in [2.24, 2.45) is 0 Å². The molecule has 146 valence electrons. The van der Waals surface area contributed by atoms with E-state index in [1.54, 1.807) is 19.5 Å². The molecule has 0 spiro atoms. The van der Waals surface area contributed by atoms with E-state index >= 15 is 0 Å². The summed E-state index contributed by atoms with van der Waals surface area (Å²) >= 11 is 0. The summed E-state index contributed by atoms with van der Waals surface area (Å²) < 4.78 is 13.2. The van der Waals surface area contributed by atoms with Gasteiger partial charge in [0.25, 0.3) is 0 Å². The second-order valence-corrected chi connectivity index (χ2v) is 6.56. The summed E-state index contributed by atoms with van der Waals surface area (Å²) in [5, 5.41) is 7.72. The number of ether oxygens (including phenoxy) is 2. The van der Waals surface area contributed by atoms with Crippen LogP contribution in [-0.4, -0.2) is 21.9 Å². The maximum atomic E-state index is 5.82. The van der Waals surface area contributed by atoms with Gasteiger partial charge in [-0.3, -0.25) is 4.98 Å². The lowest BCUT2D eigenvalue weighted by atomic mass is 10.1. The van der Waals surface area contributed by atoms with Crippen molar-refractivity contribution < 1.29 is 9.47 Å². The van der Waals surface area contributed by atoms with Crippen molar-refractivity contribution in [3.63, 3.8) is 0 Å². The van der Waals surface area contributed by atoms with Crippen LogP contribution in [-0.2, 0) is 6.54 Å². The molecule has 0 saturated heterocycles. The van der Waals surface area contributed by atoms with Crippen LogP contribution in [0.1, 0.15) is 11.3 Å². The topological polar surface area (TPSA) is 61.2 Å². The monoisotopic (exact) mass is 386 g/mol. The molecule has 0 saturated carbocycles. The predicted molar refractivity (Wildman–Crippen MR) is 113 cm³/mol. The van der Waals surface area contributed by atoms with Crippen molar-refractivity contribution in [1.82, 2.24) is 14.8 Å². The number of nitrogens with one attached hydrogen (secondary N) is 1. The second kappa shape index (κ2) is 8.48. The lowest BCUT2D eigenvalue weighted by molar-refractivity contribution is 0.410. The van der Waals surface area contributed by atoms with E-state index in [0.717, 1.165) is 39.9 Å². The van der Waals surface area contributed by atoms with Crippen LogP contribution in [0.3, 0.4) is 0 Å². The largest absolute Gasteiger partial charge is 0.496 e. The summed E-state index contributed by atoms with van der Waals surface area (Å²) in [7, 11) is 1.68. The highest BCUT2D eigenvalue weighted by molar-refractivity contribution is 5.50. The van der Waals surface area contributed by atoms with Crippen molar-refractivity contribution in [3.05, 3.63) is 90.5 Å². The molecule has 0 atom stereocenters. The molecule has 2 heterocycles. The van der Waals surface area contributed by atoms with Crippen molar-refractivity contribution in [1.29, 1.82) is 0 Å². The summed E-state index contributed by atoms with van der Waals surface area (Å²) in [6.07, 6.45) is 5.40. The molecule has 0 unspecified atom stereocenters. The smallest absolute Gasteiger partial charge is 0.145 e. The maximum absolute atomic E-state index is 5.82. The fourth-order valence-electron chi connectivity index (χ4n) is 2.96. The number of benzene rings is 2.